The molecule has 0 saturated carbocycles. The summed E-state index contributed by atoms with van der Waals surface area (Å²) < 4.78 is 5.20. The Morgan fingerprint density at radius 2 is 1.82 bits per heavy atom. The van der Waals surface area contributed by atoms with Gasteiger partial charge in [-0.3, -0.25) is 4.79 Å². The molecule has 0 spiro atoms. The molecule has 1 amide bonds. The number of hydrogen-bond donors (Lipinski definition) is 1. The predicted molar refractivity (Wildman–Crippen MR) is 113 cm³/mol. The molecule has 0 aliphatic rings. The van der Waals surface area contributed by atoms with E-state index in [-0.39, 0.29) is 0 Å². The van der Waals surface area contributed by atoms with Crippen molar-refractivity contribution in [1.29, 1.82) is 0 Å². The van der Waals surface area contributed by atoms with Crippen LogP contribution in [0.3, 0.4) is 0 Å². The first kappa shape index (κ1) is 19.6. The number of benzene rings is 3. The summed E-state index contributed by atoms with van der Waals surface area (Å²) in [4.78, 5) is 24.3. The summed E-state index contributed by atoms with van der Waals surface area (Å²) in [7, 11) is 0. The SMILES string of the molecule is Cc1ccc(NC(=O)C(C)OC(=O)C=Cc2cccc3ccccc23)cc1Cl. The summed E-state index contributed by atoms with van der Waals surface area (Å²) in [6.45, 7) is 3.40. The molecule has 4 nitrogen and oxygen atoms in total. The number of ether oxygens (including phenoxy) is 1. The Labute approximate surface area is 168 Å². The molecule has 142 valence electrons. The lowest BCUT2D eigenvalue weighted by molar-refractivity contribution is -0.148. The van der Waals surface area contributed by atoms with Gasteiger partial charge in [-0.2, -0.15) is 0 Å². The maximum Gasteiger partial charge on any atom is 0.331 e. The van der Waals surface area contributed by atoms with Crippen molar-refractivity contribution in [2.75, 3.05) is 5.32 Å². The molecule has 0 fully saturated rings. The minimum absolute atomic E-state index is 0.424. The van der Waals surface area contributed by atoms with Gasteiger partial charge in [-0.25, -0.2) is 4.79 Å². The molecule has 0 radical (unpaired) electrons. The first-order valence-electron chi connectivity index (χ1n) is 8.87. The second kappa shape index (κ2) is 8.72. The maximum atomic E-state index is 12.2. The molecule has 5 heteroatoms. The van der Waals surface area contributed by atoms with Crippen molar-refractivity contribution in [1.82, 2.24) is 0 Å². The van der Waals surface area contributed by atoms with Gasteiger partial charge < -0.3 is 10.1 Å². The van der Waals surface area contributed by atoms with Crippen molar-refractivity contribution in [2.24, 2.45) is 0 Å². The summed E-state index contributed by atoms with van der Waals surface area (Å²) in [6, 6.07) is 19.0. The summed E-state index contributed by atoms with van der Waals surface area (Å²) >= 11 is 6.06. The Balaban J connectivity index is 1.62. The number of halogens is 1. The lowest BCUT2D eigenvalue weighted by Crippen LogP contribution is -2.29. The summed E-state index contributed by atoms with van der Waals surface area (Å²) in [5, 5.41) is 5.37. The van der Waals surface area contributed by atoms with Crippen molar-refractivity contribution in [3.05, 3.63) is 82.9 Å². The van der Waals surface area contributed by atoms with Crippen molar-refractivity contribution in [3.8, 4) is 0 Å². The predicted octanol–water partition coefficient (Wildman–Crippen LogP) is 5.39. The molecular formula is C23H20ClNO3. The first-order chi connectivity index (χ1) is 13.4. The third kappa shape index (κ3) is 4.78. The lowest BCUT2D eigenvalue weighted by atomic mass is 10.0. The molecular weight excluding hydrogens is 374 g/mol. The second-order valence-electron chi connectivity index (χ2n) is 6.43. The van der Waals surface area contributed by atoms with Gasteiger partial charge in [0.05, 0.1) is 0 Å². The van der Waals surface area contributed by atoms with Gasteiger partial charge in [0.25, 0.3) is 5.91 Å². The Kier molecular flexibility index (Phi) is 6.12. The summed E-state index contributed by atoms with van der Waals surface area (Å²) in [6.07, 6.45) is 2.08. The van der Waals surface area contributed by atoms with Crippen LogP contribution in [0.2, 0.25) is 5.02 Å². The Hall–Kier alpha value is -3.11. The van der Waals surface area contributed by atoms with Crippen molar-refractivity contribution in [3.63, 3.8) is 0 Å². The topological polar surface area (TPSA) is 55.4 Å². The number of nitrogens with one attached hydrogen (secondary N) is 1. The van der Waals surface area contributed by atoms with Crippen LogP contribution in [0, 0.1) is 6.92 Å². The molecule has 0 bridgehead atoms. The molecule has 0 saturated heterocycles. The number of esters is 1. The highest BCUT2D eigenvalue weighted by Gasteiger charge is 2.17. The van der Waals surface area contributed by atoms with Gasteiger partial charge in [-0.15, -0.1) is 0 Å². The lowest BCUT2D eigenvalue weighted by Gasteiger charge is -2.13. The minimum Gasteiger partial charge on any atom is -0.449 e. The zero-order valence-corrected chi connectivity index (χ0v) is 16.4. The fourth-order valence-electron chi connectivity index (χ4n) is 2.74. The number of carbonyl (C=O) groups is 2. The number of amides is 1. The third-order valence-electron chi connectivity index (χ3n) is 4.32. The summed E-state index contributed by atoms with van der Waals surface area (Å²) in [5.41, 5.74) is 2.37. The van der Waals surface area contributed by atoms with Gasteiger partial charge in [-0.1, -0.05) is 60.1 Å². The number of anilines is 1. The quantitative estimate of drug-likeness (QED) is 0.467. The number of fused-ring (bicyclic) bond motifs is 1. The van der Waals surface area contributed by atoms with E-state index in [1.807, 2.05) is 55.5 Å². The molecule has 28 heavy (non-hydrogen) atoms. The van der Waals surface area contributed by atoms with Gasteiger partial charge in [0.2, 0.25) is 0 Å². The molecule has 0 aliphatic carbocycles. The normalized spacial score (nSPS) is 12.1. The number of rotatable bonds is 5. The largest absolute Gasteiger partial charge is 0.449 e. The highest BCUT2D eigenvalue weighted by molar-refractivity contribution is 6.31. The van der Waals surface area contributed by atoms with Gasteiger partial charge >= 0.3 is 5.97 Å². The standard InChI is InChI=1S/C23H20ClNO3/c1-15-10-12-19(14-21(15)24)25-23(27)16(2)28-22(26)13-11-18-8-5-7-17-6-3-4-9-20(17)18/h3-14,16H,1-2H3,(H,25,27). The Morgan fingerprint density at radius 1 is 1.07 bits per heavy atom. The van der Waals surface area contributed by atoms with E-state index in [1.54, 1.807) is 18.2 Å². The molecule has 3 aromatic rings. The van der Waals surface area contributed by atoms with Crippen LogP contribution in [-0.2, 0) is 14.3 Å². The van der Waals surface area contributed by atoms with Crippen LogP contribution in [0.5, 0.6) is 0 Å². The van der Waals surface area contributed by atoms with Crippen molar-refractivity contribution in [2.45, 2.75) is 20.0 Å². The molecule has 0 aromatic heterocycles. The monoisotopic (exact) mass is 393 g/mol. The van der Waals surface area contributed by atoms with Crippen LogP contribution in [0.25, 0.3) is 16.8 Å². The van der Waals surface area contributed by atoms with Crippen molar-refractivity contribution >= 4 is 46.0 Å². The van der Waals surface area contributed by atoms with Gasteiger partial charge in [0, 0.05) is 16.8 Å². The van der Waals surface area contributed by atoms with E-state index in [2.05, 4.69) is 5.32 Å². The second-order valence-corrected chi connectivity index (χ2v) is 6.84. The van der Waals surface area contributed by atoms with E-state index in [9.17, 15) is 9.59 Å². The molecule has 0 heterocycles. The maximum absolute atomic E-state index is 12.2. The van der Waals surface area contributed by atoms with Crippen molar-refractivity contribution < 1.29 is 14.3 Å². The van der Waals surface area contributed by atoms with Crippen LogP contribution < -0.4 is 5.32 Å². The van der Waals surface area contributed by atoms with Crippen LogP contribution in [0.4, 0.5) is 5.69 Å². The van der Waals surface area contributed by atoms with Gasteiger partial charge in [0.15, 0.2) is 6.10 Å². The molecule has 1 unspecified atom stereocenters. The summed E-state index contributed by atoms with van der Waals surface area (Å²) in [5.74, 6) is -1.01. The number of hydrogen-bond acceptors (Lipinski definition) is 3. The van der Waals surface area contributed by atoms with Crippen LogP contribution >= 0.6 is 11.6 Å². The molecule has 0 aliphatic heterocycles. The number of aryl methyl sites for hydroxylation is 1. The fourth-order valence-corrected chi connectivity index (χ4v) is 2.92. The van der Waals surface area contributed by atoms with Gasteiger partial charge in [0.1, 0.15) is 0 Å². The van der Waals surface area contributed by atoms with Crippen LogP contribution in [0.15, 0.2) is 66.7 Å². The molecule has 3 aromatic carbocycles. The van der Waals surface area contributed by atoms with E-state index < -0.39 is 18.0 Å². The zero-order valence-electron chi connectivity index (χ0n) is 15.6. The molecule has 1 N–H and O–H groups in total. The third-order valence-corrected chi connectivity index (χ3v) is 4.73. The van der Waals surface area contributed by atoms with E-state index in [1.165, 1.54) is 13.0 Å². The average Bonchev–Trinajstić information content (AvgIpc) is 2.69. The number of carbonyl (C=O) groups excluding carboxylic acids is 2. The van der Waals surface area contributed by atoms with Crippen LogP contribution in [-0.4, -0.2) is 18.0 Å². The van der Waals surface area contributed by atoms with Crippen LogP contribution in [0.1, 0.15) is 18.1 Å². The van der Waals surface area contributed by atoms with E-state index in [4.69, 9.17) is 16.3 Å². The first-order valence-corrected chi connectivity index (χ1v) is 9.25. The van der Waals surface area contributed by atoms with E-state index in [0.717, 1.165) is 21.9 Å². The zero-order chi connectivity index (χ0) is 20.1. The van der Waals surface area contributed by atoms with E-state index >= 15 is 0 Å². The van der Waals surface area contributed by atoms with Gasteiger partial charge in [-0.05, 0) is 54.0 Å². The van der Waals surface area contributed by atoms with E-state index in [0.29, 0.717) is 10.7 Å². The highest BCUT2D eigenvalue weighted by atomic mass is 35.5. The Bertz CT molecular complexity index is 1050. The smallest absolute Gasteiger partial charge is 0.331 e. The average molecular weight is 394 g/mol. The minimum atomic E-state index is -0.940. The Morgan fingerprint density at radius 3 is 2.61 bits per heavy atom. The fraction of sp³-hybridized carbons (Fsp3) is 0.130. The molecule has 1 atom stereocenters. The highest BCUT2D eigenvalue weighted by Crippen LogP contribution is 2.21. The molecule has 3 rings (SSSR count).